The van der Waals surface area contributed by atoms with Crippen LogP contribution in [0, 0.1) is 5.92 Å². The largest absolute Gasteiger partial charge is 0.484 e. The van der Waals surface area contributed by atoms with E-state index in [1.54, 1.807) is 12.1 Å². The zero-order valence-electron chi connectivity index (χ0n) is 22.2. The molecular weight excluding hydrogens is 536 g/mol. The van der Waals surface area contributed by atoms with Gasteiger partial charge in [-0.25, -0.2) is 0 Å². The first kappa shape index (κ1) is 30.2. The van der Waals surface area contributed by atoms with Crippen molar-refractivity contribution in [2.45, 2.75) is 63.0 Å². The second kappa shape index (κ2) is 13.2. The van der Waals surface area contributed by atoms with Crippen LogP contribution < -0.4 is 15.4 Å². The van der Waals surface area contributed by atoms with Crippen LogP contribution in [0.3, 0.4) is 0 Å². The van der Waals surface area contributed by atoms with E-state index in [9.17, 15) is 31.1 Å². The predicted octanol–water partition coefficient (Wildman–Crippen LogP) is 5.60. The summed E-state index contributed by atoms with van der Waals surface area (Å²) in [6.45, 7) is 0.459. The highest BCUT2D eigenvalue weighted by atomic mass is 19.4. The Morgan fingerprint density at radius 1 is 0.950 bits per heavy atom. The molecular formula is C29H35F6N3O2. The van der Waals surface area contributed by atoms with Crippen molar-refractivity contribution in [1.82, 2.24) is 15.5 Å². The van der Waals surface area contributed by atoms with Gasteiger partial charge in [0.2, 0.25) is 5.91 Å². The van der Waals surface area contributed by atoms with Gasteiger partial charge in [0.1, 0.15) is 5.75 Å². The van der Waals surface area contributed by atoms with Gasteiger partial charge in [0.05, 0.1) is 12.3 Å². The van der Waals surface area contributed by atoms with E-state index in [-0.39, 0.29) is 50.1 Å². The minimum absolute atomic E-state index is 0.0802. The lowest BCUT2D eigenvalue weighted by Gasteiger charge is -2.42. The molecule has 0 bridgehead atoms. The van der Waals surface area contributed by atoms with Crippen molar-refractivity contribution < 1.29 is 35.9 Å². The lowest BCUT2D eigenvalue weighted by atomic mass is 9.83. The molecule has 220 valence electrons. The van der Waals surface area contributed by atoms with E-state index in [2.05, 4.69) is 10.6 Å². The molecule has 2 N–H and O–H groups in total. The van der Waals surface area contributed by atoms with Crippen LogP contribution in [-0.4, -0.2) is 62.0 Å². The summed E-state index contributed by atoms with van der Waals surface area (Å²) < 4.78 is 84.7. The first-order valence-corrected chi connectivity index (χ1v) is 13.6. The lowest BCUT2D eigenvalue weighted by molar-refractivity contribution is -0.160. The molecule has 0 aromatic heterocycles. The smallest absolute Gasteiger partial charge is 0.422 e. The topological polar surface area (TPSA) is 53.6 Å². The number of rotatable bonds is 5. The summed E-state index contributed by atoms with van der Waals surface area (Å²) in [6, 6.07) is 13.2. The van der Waals surface area contributed by atoms with Crippen molar-refractivity contribution in [3.8, 4) is 5.75 Å². The molecule has 0 spiro atoms. The third-order valence-electron chi connectivity index (χ3n) is 7.57. The van der Waals surface area contributed by atoms with Crippen LogP contribution in [0.25, 0.3) is 0 Å². The number of nitrogens with one attached hydrogen (secondary N) is 2. The second-order valence-corrected chi connectivity index (χ2v) is 10.6. The summed E-state index contributed by atoms with van der Waals surface area (Å²) >= 11 is 0. The number of ether oxygens (including phenoxy) is 1. The minimum Gasteiger partial charge on any atom is -0.484 e. The van der Waals surface area contributed by atoms with Crippen LogP contribution in [0.5, 0.6) is 5.75 Å². The number of nitrogens with zero attached hydrogens (tertiary/aromatic N) is 1. The Balaban J connectivity index is 1.59. The van der Waals surface area contributed by atoms with Gasteiger partial charge in [0.15, 0.2) is 6.61 Å². The summed E-state index contributed by atoms with van der Waals surface area (Å²) in [4.78, 5) is 15.3. The molecule has 5 nitrogen and oxygen atoms in total. The summed E-state index contributed by atoms with van der Waals surface area (Å²) in [7, 11) is 0. The van der Waals surface area contributed by atoms with Crippen LogP contribution >= 0.6 is 0 Å². The molecule has 0 unspecified atom stereocenters. The lowest BCUT2D eigenvalue weighted by Crippen LogP contribution is -2.51. The van der Waals surface area contributed by atoms with Crippen LogP contribution in [0.4, 0.5) is 26.3 Å². The van der Waals surface area contributed by atoms with Crippen molar-refractivity contribution in [3.63, 3.8) is 0 Å². The molecule has 4 rings (SSSR count). The number of alkyl halides is 6. The Hall–Kier alpha value is -2.79. The molecule has 2 heterocycles. The SMILES string of the molecule is O=C([C@@H]1CNCCCNCc2c(cccc2OCC(F)(F)F)C1)N1CC[C@@H](c2ccccc2)C[C@H]1CC(F)(F)F. The summed E-state index contributed by atoms with van der Waals surface area (Å²) in [5.74, 6) is -1.05. The van der Waals surface area contributed by atoms with Crippen LogP contribution in [0.15, 0.2) is 48.5 Å². The summed E-state index contributed by atoms with van der Waals surface area (Å²) in [5, 5.41) is 6.47. The van der Waals surface area contributed by atoms with E-state index in [1.165, 1.54) is 11.0 Å². The maximum absolute atomic E-state index is 13.9. The molecule has 0 radical (unpaired) electrons. The highest BCUT2D eigenvalue weighted by molar-refractivity contribution is 5.80. The maximum atomic E-state index is 13.9. The number of hydrogen-bond acceptors (Lipinski definition) is 4. The van der Waals surface area contributed by atoms with Crippen molar-refractivity contribution in [2.75, 3.05) is 32.8 Å². The highest BCUT2D eigenvalue weighted by Gasteiger charge is 2.41. The number of likely N-dealkylation sites (tertiary alicyclic amines) is 1. The second-order valence-electron chi connectivity index (χ2n) is 10.6. The molecule has 1 amide bonds. The number of benzene rings is 2. The fraction of sp³-hybridized carbons (Fsp3) is 0.552. The van der Waals surface area contributed by atoms with E-state index in [1.807, 2.05) is 30.3 Å². The quantitative estimate of drug-likeness (QED) is 0.459. The number of halogens is 6. The molecule has 2 aromatic carbocycles. The average Bonchev–Trinajstić information content (AvgIpc) is 2.95. The molecule has 3 atom stereocenters. The first-order valence-electron chi connectivity index (χ1n) is 13.6. The zero-order valence-corrected chi connectivity index (χ0v) is 22.2. The summed E-state index contributed by atoms with van der Waals surface area (Å²) in [6.07, 6.45) is -8.38. The molecule has 0 saturated carbocycles. The van der Waals surface area contributed by atoms with Crippen molar-refractivity contribution in [3.05, 3.63) is 65.2 Å². The fourth-order valence-corrected chi connectivity index (χ4v) is 5.70. The number of piperidine rings is 1. The van der Waals surface area contributed by atoms with Crippen molar-refractivity contribution in [1.29, 1.82) is 0 Å². The zero-order chi connectivity index (χ0) is 28.8. The maximum Gasteiger partial charge on any atom is 0.422 e. The number of carbonyl (C=O) groups is 1. The van der Waals surface area contributed by atoms with E-state index in [4.69, 9.17) is 4.74 Å². The van der Waals surface area contributed by atoms with Gasteiger partial charge in [-0.1, -0.05) is 42.5 Å². The van der Waals surface area contributed by atoms with Gasteiger partial charge in [0.25, 0.3) is 0 Å². The predicted molar refractivity (Wildman–Crippen MR) is 139 cm³/mol. The van der Waals surface area contributed by atoms with Gasteiger partial charge in [0, 0.05) is 31.2 Å². The van der Waals surface area contributed by atoms with Crippen LogP contribution in [0.2, 0.25) is 0 Å². The molecule has 1 saturated heterocycles. The molecule has 11 heteroatoms. The van der Waals surface area contributed by atoms with Gasteiger partial charge in [-0.2, -0.15) is 26.3 Å². The number of amides is 1. The Kier molecular flexibility index (Phi) is 9.99. The Bertz CT molecular complexity index is 1110. The van der Waals surface area contributed by atoms with Gasteiger partial charge >= 0.3 is 12.4 Å². The monoisotopic (exact) mass is 571 g/mol. The van der Waals surface area contributed by atoms with E-state index in [0.29, 0.717) is 37.1 Å². The van der Waals surface area contributed by atoms with Gasteiger partial charge in [-0.15, -0.1) is 0 Å². The minimum atomic E-state index is -4.51. The number of fused-ring (bicyclic) bond motifs is 1. The molecule has 40 heavy (non-hydrogen) atoms. The van der Waals surface area contributed by atoms with Crippen molar-refractivity contribution >= 4 is 5.91 Å². The Labute approximate surface area is 230 Å². The average molecular weight is 572 g/mol. The molecule has 2 aliphatic heterocycles. The summed E-state index contributed by atoms with van der Waals surface area (Å²) in [5.41, 5.74) is 2.13. The third-order valence-corrected chi connectivity index (χ3v) is 7.57. The van der Waals surface area contributed by atoms with Crippen LogP contribution in [-0.2, 0) is 17.8 Å². The molecule has 2 aliphatic rings. The molecule has 1 fully saturated rings. The molecule has 2 aromatic rings. The normalized spacial score (nSPS) is 23.1. The van der Waals surface area contributed by atoms with E-state index < -0.39 is 37.3 Å². The molecule has 0 aliphatic carbocycles. The van der Waals surface area contributed by atoms with Gasteiger partial charge in [-0.05, 0) is 61.9 Å². The first-order chi connectivity index (χ1) is 19.0. The third kappa shape index (κ3) is 8.60. The van der Waals surface area contributed by atoms with Crippen molar-refractivity contribution in [2.24, 2.45) is 5.92 Å². The highest BCUT2D eigenvalue weighted by Crippen LogP contribution is 2.37. The van der Waals surface area contributed by atoms with E-state index >= 15 is 0 Å². The van der Waals surface area contributed by atoms with Crippen LogP contribution in [0.1, 0.15) is 48.3 Å². The standard InChI is InChI=1S/C29H35F6N3O2/c30-28(31,32)16-24-15-21(20-6-2-1-3-7-20)10-13-38(24)27(39)23-14-22-8-4-9-26(40-19-29(33,34)35)25(22)18-37-12-5-11-36-17-23/h1-4,6-9,21,23-24,36-37H,5,10-19H2/t21-,23+,24+/m1/s1. The number of hydrogen-bond donors (Lipinski definition) is 2. The number of carbonyl (C=O) groups excluding carboxylic acids is 1. The Morgan fingerprint density at radius 3 is 2.42 bits per heavy atom. The fourth-order valence-electron chi connectivity index (χ4n) is 5.70. The van der Waals surface area contributed by atoms with E-state index in [0.717, 1.165) is 5.56 Å². The van der Waals surface area contributed by atoms with Gasteiger partial charge < -0.3 is 20.3 Å². The van der Waals surface area contributed by atoms with Gasteiger partial charge in [-0.3, -0.25) is 4.79 Å². The Morgan fingerprint density at radius 2 is 1.70 bits per heavy atom.